The van der Waals surface area contributed by atoms with E-state index in [9.17, 15) is 13.2 Å². The van der Waals surface area contributed by atoms with Crippen LogP contribution >= 0.6 is 12.4 Å². The normalized spacial score (nSPS) is 10.9. The first-order valence-corrected chi connectivity index (χ1v) is 2.57. The van der Waals surface area contributed by atoms with E-state index in [-0.39, 0.29) is 12.4 Å². The van der Waals surface area contributed by atoms with Gasteiger partial charge in [-0.25, -0.2) is 0 Å². The predicted octanol–water partition coefficient (Wildman–Crippen LogP) is 1.86. The number of alkyl halides is 3. The van der Waals surface area contributed by atoms with E-state index in [2.05, 4.69) is 5.10 Å². The maximum absolute atomic E-state index is 11.7. The fourth-order valence-electron chi connectivity index (χ4n) is 0.566. The molecule has 1 rings (SSSR count). The summed E-state index contributed by atoms with van der Waals surface area (Å²) < 4.78 is 36.3. The molecule has 1 aromatic heterocycles. The second kappa shape index (κ2) is 3.13. The smallest absolute Gasteiger partial charge is 0.275 e. The fraction of sp³-hybridized carbons (Fsp3) is 0.400. The minimum absolute atomic E-state index is 0. The molecule has 64 valence electrons. The third kappa shape index (κ3) is 2.42. The molecule has 0 spiro atoms. The van der Waals surface area contributed by atoms with Crippen LogP contribution in [0.2, 0.25) is 0 Å². The van der Waals surface area contributed by atoms with Crippen molar-refractivity contribution in [2.24, 2.45) is 7.05 Å². The molecule has 0 bridgehead atoms. The average molecular weight is 187 g/mol. The van der Waals surface area contributed by atoms with Crippen molar-refractivity contribution in [3.63, 3.8) is 0 Å². The first-order valence-electron chi connectivity index (χ1n) is 2.57. The molecule has 0 unspecified atom stereocenters. The molecule has 0 aromatic carbocycles. The van der Waals surface area contributed by atoms with Crippen LogP contribution in [0.25, 0.3) is 0 Å². The quantitative estimate of drug-likeness (QED) is 0.605. The van der Waals surface area contributed by atoms with Crippen molar-refractivity contribution in [1.82, 2.24) is 9.78 Å². The number of nitrogens with zero attached hydrogens (tertiary/aromatic N) is 2. The SMILES string of the molecule is Cl.Cn1ccc(C(F)(F)F)n1. The van der Waals surface area contributed by atoms with Crippen LogP contribution in [0.5, 0.6) is 0 Å². The average Bonchev–Trinajstić information content (AvgIpc) is 2.11. The Morgan fingerprint density at radius 2 is 2.00 bits per heavy atom. The van der Waals surface area contributed by atoms with E-state index >= 15 is 0 Å². The van der Waals surface area contributed by atoms with Gasteiger partial charge in [0.15, 0.2) is 5.69 Å². The summed E-state index contributed by atoms with van der Waals surface area (Å²) in [7, 11) is 1.44. The monoisotopic (exact) mass is 186 g/mol. The van der Waals surface area contributed by atoms with E-state index in [1.807, 2.05) is 0 Å². The summed E-state index contributed by atoms with van der Waals surface area (Å²) in [6, 6.07) is 0.931. The molecule has 0 fully saturated rings. The second-order valence-electron chi connectivity index (χ2n) is 1.87. The number of aryl methyl sites for hydroxylation is 1. The van der Waals surface area contributed by atoms with E-state index in [4.69, 9.17) is 0 Å². The van der Waals surface area contributed by atoms with Crippen LogP contribution in [-0.4, -0.2) is 9.78 Å². The van der Waals surface area contributed by atoms with Crippen LogP contribution in [0, 0.1) is 0 Å². The van der Waals surface area contributed by atoms with Crippen molar-refractivity contribution in [3.05, 3.63) is 18.0 Å². The minimum atomic E-state index is -4.32. The van der Waals surface area contributed by atoms with Crippen LogP contribution in [0.4, 0.5) is 13.2 Å². The summed E-state index contributed by atoms with van der Waals surface area (Å²) in [5.41, 5.74) is -0.852. The molecule has 0 aliphatic carbocycles. The van der Waals surface area contributed by atoms with Crippen LogP contribution in [0.3, 0.4) is 0 Å². The molecule has 0 N–H and O–H groups in total. The lowest BCUT2D eigenvalue weighted by Gasteiger charge is -1.99. The van der Waals surface area contributed by atoms with E-state index in [0.717, 1.165) is 10.7 Å². The third-order valence-electron chi connectivity index (χ3n) is 1.00. The van der Waals surface area contributed by atoms with Crippen LogP contribution in [0.1, 0.15) is 5.69 Å². The van der Waals surface area contributed by atoms with Gasteiger partial charge in [-0.15, -0.1) is 12.4 Å². The van der Waals surface area contributed by atoms with Crippen molar-refractivity contribution in [2.45, 2.75) is 6.18 Å². The number of aromatic nitrogens is 2. The molecular formula is C5H6ClF3N2. The van der Waals surface area contributed by atoms with E-state index < -0.39 is 11.9 Å². The molecule has 11 heavy (non-hydrogen) atoms. The standard InChI is InChI=1S/C5H5F3N2.ClH/c1-10-3-2-4(9-10)5(6,7)8;/h2-3H,1H3;1H. The lowest BCUT2D eigenvalue weighted by atomic mass is 10.4. The second-order valence-corrected chi connectivity index (χ2v) is 1.87. The number of hydrogen-bond donors (Lipinski definition) is 0. The Balaban J connectivity index is 0.000001000. The van der Waals surface area contributed by atoms with Gasteiger partial charge in [-0.2, -0.15) is 18.3 Å². The van der Waals surface area contributed by atoms with E-state index in [1.165, 1.54) is 13.2 Å². The summed E-state index contributed by atoms with van der Waals surface area (Å²) in [5, 5.41) is 3.17. The summed E-state index contributed by atoms with van der Waals surface area (Å²) in [5.74, 6) is 0. The Morgan fingerprint density at radius 3 is 2.18 bits per heavy atom. The topological polar surface area (TPSA) is 17.8 Å². The summed E-state index contributed by atoms with van der Waals surface area (Å²) in [6.45, 7) is 0. The van der Waals surface area contributed by atoms with E-state index in [0.29, 0.717) is 0 Å². The van der Waals surface area contributed by atoms with Gasteiger partial charge in [0.25, 0.3) is 0 Å². The summed E-state index contributed by atoms with van der Waals surface area (Å²) >= 11 is 0. The number of halogens is 4. The molecular weight excluding hydrogens is 181 g/mol. The van der Waals surface area contributed by atoms with Gasteiger partial charge in [0.05, 0.1) is 0 Å². The van der Waals surface area contributed by atoms with Crippen LogP contribution < -0.4 is 0 Å². The zero-order chi connectivity index (χ0) is 7.78. The molecule has 1 heterocycles. The molecule has 0 saturated heterocycles. The predicted molar refractivity (Wildman–Crippen MR) is 35.5 cm³/mol. The molecule has 0 saturated carbocycles. The molecule has 0 amide bonds. The van der Waals surface area contributed by atoms with Gasteiger partial charge in [-0.05, 0) is 6.07 Å². The van der Waals surface area contributed by atoms with Crippen molar-refractivity contribution in [3.8, 4) is 0 Å². The van der Waals surface area contributed by atoms with Gasteiger partial charge in [0, 0.05) is 13.2 Å². The van der Waals surface area contributed by atoms with Gasteiger partial charge in [-0.1, -0.05) is 0 Å². The van der Waals surface area contributed by atoms with E-state index in [1.54, 1.807) is 0 Å². The molecule has 1 aromatic rings. The highest BCUT2D eigenvalue weighted by Crippen LogP contribution is 2.26. The molecule has 0 aliphatic rings. The first kappa shape index (κ1) is 10.3. The third-order valence-corrected chi connectivity index (χ3v) is 1.00. The lowest BCUT2D eigenvalue weighted by Crippen LogP contribution is -2.06. The van der Waals surface area contributed by atoms with Gasteiger partial charge < -0.3 is 0 Å². The number of hydrogen-bond acceptors (Lipinski definition) is 1. The minimum Gasteiger partial charge on any atom is -0.275 e. The Bertz CT molecular complexity index is 230. The molecule has 6 heteroatoms. The maximum atomic E-state index is 11.7. The molecule has 2 nitrogen and oxygen atoms in total. The molecule has 0 radical (unpaired) electrons. The van der Waals surface area contributed by atoms with Crippen LogP contribution in [-0.2, 0) is 13.2 Å². The van der Waals surface area contributed by atoms with Gasteiger partial charge in [0.1, 0.15) is 0 Å². The Labute approximate surface area is 67.4 Å². The molecule has 0 atom stereocenters. The summed E-state index contributed by atoms with van der Waals surface area (Å²) in [6.07, 6.45) is -3.07. The van der Waals surface area contributed by atoms with Crippen molar-refractivity contribution >= 4 is 12.4 Å². The highest BCUT2D eigenvalue weighted by atomic mass is 35.5. The Kier molecular flexibility index (Phi) is 2.92. The first-order chi connectivity index (χ1) is 4.50. The summed E-state index contributed by atoms with van der Waals surface area (Å²) in [4.78, 5) is 0. The van der Waals surface area contributed by atoms with Crippen LogP contribution in [0.15, 0.2) is 12.3 Å². The highest BCUT2D eigenvalue weighted by molar-refractivity contribution is 5.85. The van der Waals surface area contributed by atoms with Gasteiger partial charge in [-0.3, -0.25) is 4.68 Å². The lowest BCUT2D eigenvalue weighted by molar-refractivity contribution is -0.141. The largest absolute Gasteiger partial charge is 0.435 e. The maximum Gasteiger partial charge on any atom is 0.435 e. The van der Waals surface area contributed by atoms with Crippen molar-refractivity contribution in [1.29, 1.82) is 0 Å². The van der Waals surface area contributed by atoms with Crippen molar-refractivity contribution in [2.75, 3.05) is 0 Å². The van der Waals surface area contributed by atoms with Crippen molar-refractivity contribution < 1.29 is 13.2 Å². The van der Waals surface area contributed by atoms with Gasteiger partial charge in [0.2, 0.25) is 0 Å². The Hall–Kier alpha value is -0.710. The zero-order valence-corrected chi connectivity index (χ0v) is 6.41. The Morgan fingerprint density at radius 1 is 1.45 bits per heavy atom. The number of rotatable bonds is 0. The zero-order valence-electron chi connectivity index (χ0n) is 5.59. The fourth-order valence-corrected chi connectivity index (χ4v) is 0.566. The molecule has 0 aliphatic heterocycles. The van der Waals surface area contributed by atoms with Gasteiger partial charge >= 0.3 is 6.18 Å². The highest BCUT2D eigenvalue weighted by Gasteiger charge is 2.33.